The van der Waals surface area contributed by atoms with Crippen LogP contribution in [0.25, 0.3) is 11.0 Å². The van der Waals surface area contributed by atoms with Gasteiger partial charge in [0.05, 0.1) is 11.0 Å². The zero-order valence-corrected chi connectivity index (χ0v) is 11.4. The Morgan fingerprint density at radius 3 is 2.72 bits per heavy atom. The Morgan fingerprint density at radius 2 is 2.00 bits per heavy atom. The Balaban J connectivity index is 2.44. The van der Waals surface area contributed by atoms with Crippen LogP contribution in [0.4, 0.5) is 0 Å². The highest BCUT2D eigenvalue weighted by Gasteiger charge is 2.19. The molecule has 0 fully saturated rings. The molecule has 1 aromatic carbocycles. The molecule has 2 unspecified atom stereocenters. The maximum atomic E-state index is 4.49. The molecule has 2 atom stereocenters. The second-order valence-electron chi connectivity index (χ2n) is 4.80. The van der Waals surface area contributed by atoms with Gasteiger partial charge in [-0.3, -0.25) is 9.97 Å². The summed E-state index contributed by atoms with van der Waals surface area (Å²) >= 11 is 0. The normalized spacial score (nSPS) is 14.6. The molecule has 3 nitrogen and oxygen atoms in total. The van der Waals surface area contributed by atoms with Crippen LogP contribution in [0.5, 0.6) is 0 Å². The second-order valence-corrected chi connectivity index (χ2v) is 4.80. The molecule has 0 bridgehead atoms. The fourth-order valence-corrected chi connectivity index (χ4v) is 2.63. The minimum Gasteiger partial charge on any atom is -0.313 e. The quantitative estimate of drug-likeness (QED) is 0.875. The molecule has 0 spiro atoms. The van der Waals surface area contributed by atoms with Gasteiger partial charge in [0.2, 0.25) is 0 Å². The monoisotopic (exact) mass is 243 g/mol. The van der Waals surface area contributed by atoms with Crippen molar-refractivity contribution in [3.05, 3.63) is 36.2 Å². The van der Waals surface area contributed by atoms with Gasteiger partial charge in [-0.05, 0) is 31.0 Å². The third-order valence-electron chi connectivity index (χ3n) is 3.49. The molecule has 1 N–H and O–H groups in total. The molecule has 0 saturated carbocycles. The third kappa shape index (κ3) is 2.51. The van der Waals surface area contributed by atoms with Crippen molar-refractivity contribution >= 4 is 11.0 Å². The van der Waals surface area contributed by atoms with Crippen molar-refractivity contribution in [3.8, 4) is 0 Å². The number of benzene rings is 1. The molecule has 1 aromatic heterocycles. The van der Waals surface area contributed by atoms with Gasteiger partial charge in [-0.1, -0.05) is 32.4 Å². The van der Waals surface area contributed by atoms with Gasteiger partial charge in [0.15, 0.2) is 0 Å². The maximum absolute atomic E-state index is 4.49. The Kier molecular flexibility index (Phi) is 4.26. The van der Waals surface area contributed by atoms with Gasteiger partial charge >= 0.3 is 0 Å². The van der Waals surface area contributed by atoms with E-state index in [-0.39, 0.29) is 0 Å². The van der Waals surface area contributed by atoms with Gasteiger partial charge in [-0.15, -0.1) is 0 Å². The van der Waals surface area contributed by atoms with Crippen molar-refractivity contribution in [3.63, 3.8) is 0 Å². The number of nitrogens with one attached hydrogen (secondary N) is 1. The van der Waals surface area contributed by atoms with Crippen LogP contribution in [0.15, 0.2) is 30.6 Å². The molecular weight excluding hydrogens is 222 g/mol. The predicted molar refractivity (Wildman–Crippen MR) is 75.4 cm³/mol. The lowest BCUT2D eigenvalue weighted by molar-refractivity contribution is 0.385. The number of para-hydroxylation sites is 1. The van der Waals surface area contributed by atoms with Crippen LogP contribution in [0.3, 0.4) is 0 Å². The molecule has 0 amide bonds. The Hall–Kier alpha value is -1.48. The number of rotatable bonds is 5. The van der Waals surface area contributed by atoms with E-state index in [2.05, 4.69) is 41.3 Å². The fourth-order valence-electron chi connectivity index (χ4n) is 2.63. The van der Waals surface area contributed by atoms with Crippen LogP contribution < -0.4 is 5.32 Å². The van der Waals surface area contributed by atoms with Crippen LogP contribution in [-0.2, 0) is 0 Å². The van der Waals surface area contributed by atoms with Crippen LogP contribution in [0.1, 0.15) is 38.3 Å². The smallest absolute Gasteiger partial charge is 0.0934 e. The molecule has 2 rings (SSSR count). The lowest BCUT2D eigenvalue weighted by Gasteiger charge is -2.24. The Bertz CT molecular complexity index is 505. The van der Waals surface area contributed by atoms with E-state index in [1.807, 2.05) is 13.1 Å². The highest BCUT2D eigenvalue weighted by Crippen LogP contribution is 2.29. The summed E-state index contributed by atoms with van der Waals surface area (Å²) < 4.78 is 0. The van der Waals surface area contributed by atoms with E-state index in [0.717, 1.165) is 11.0 Å². The first-order valence-electron chi connectivity index (χ1n) is 6.64. The fraction of sp³-hybridized carbons (Fsp3) is 0.467. The summed E-state index contributed by atoms with van der Waals surface area (Å²) in [5, 5.41) is 3.43. The van der Waals surface area contributed by atoms with Gasteiger partial charge in [-0.25, -0.2) is 0 Å². The van der Waals surface area contributed by atoms with E-state index >= 15 is 0 Å². The number of fused-ring (bicyclic) bond motifs is 1. The van der Waals surface area contributed by atoms with Gasteiger partial charge in [-0.2, -0.15) is 0 Å². The van der Waals surface area contributed by atoms with Crippen molar-refractivity contribution in [2.24, 2.45) is 5.92 Å². The van der Waals surface area contributed by atoms with Crippen LogP contribution in [-0.4, -0.2) is 17.0 Å². The SMILES string of the molecule is CCCC(C)C(NC)c1cccc2nccnc12. The molecule has 18 heavy (non-hydrogen) atoms. The molecule has 0 saturated heterocycles. The summed E-state index contributed by atoms with van der Waals surface area (Å²) in [6.45, 7) is 4.52. The van der Waals surface area contributed by atoms with Crippen molar-refractivity contribution < 1.29 is 0 Å². The van der Waals surface area contributed by atoms with Gasteiger partial charge in [0.25, 0.3) is 0 Å². The summed E-state index contributed by atoms with van der Waals surface area (Å²) in [5.74, 6) is 0.590. The highest BCUT2D eigenvalue weighted by molar-refractivity contribution is 5.78. The van der Waals surface area contributed by atoms with E-state index in [9.17, 15) is 0 Å². The summed E-state index contributed by atoms with van der Waals surface area (Å²) in [7, 11) is 2.02. The number of hydrogen-bond acceptors (Lipinski definition) is 3. The summed E-state index contributed by atoms with van der Waals surface area (Å²) in [6, 6.07) is 6.58. The molecule has 96 valence electrons. The predicted octanol–water partition coefficient (Wildman–Crippen LogP) is 3.33. The maximum Gasteiger partial charge on any atom is 0.0934 e. The van der Waals surface area contributed by atoms with Gasteiger partial charge in [0, 0.05) is 18.4 Å². The number of aromatic nitrogens is 2. The molecule has 0 aliphatic rings. The molecule has 0 radical (unpaired) electrons. The minimum absolute atomic E-state index is 0.338. The molecule has 3 heteroatoms. The Morgan fingerprint density at radius 1 is 1.22 bits per heavy atom. The van der Waals surface area contributed by atoms with Gasteiger partial charge in [0.1, 0.15) is 0 Å². The molecule has 0 aliphatic heterocycles. The minimum atomic E-state index is 0.338. The average molecular weight is 243 g/mol. The van der Waals surface area contributed by atoms with Crippen molar-refractivity contribution in [1.82, 2.24) is 15.3 Å². The summed E-state index contributed by atoms with van der Waals surface area (Å²) in [5.41, 5.74) is 3.24. The molecular formula is C15H21N3. The van der Waals surface area contributed by atoms with Crippen molar-refractivity contribution in [1.29, 1.82) is 0 Å². The van der Waals surface area contributed by atoms with E-state index in [0.29, 0.717) is 12.0 Å². The number of nitrogens with zero attached hydrogens (tertiary/aromatic N) is 2. The largest absolute Gasteiger partial charge is 0.313 e. The first-order chi connectivity index (χ1) is 8.77. The molecule has 0 aliphatic carbocycles. The van der Waals surface area contributed by atoms with Gasteiger partial charge < -0.3 is 5.32 Å². The lowest BCUT2D eigenvalue weighted by atomic mass is 9.90. The van der Waals surface area contributed by atoms with Crippen molar-refractivity contribution in [2.75, 3.05) is 7.05 Å². The first-order valence-corrected chi connectivity index (χ1v) is 6.64. The third-order valence-corrected chi connectivity index (χ3v) is 3.49. The van der Waals surface area contributed by atoms with E-state index in [1.54, 1.807) is 12.4 Å². The summed E-state index contributed by atoms with van der Waals surface area (Å²) in [6.07, 6.45) is 5.93. The molecule has 2 aromatic rings. The summed E-state index contributed by atoms with van der Waals surface area (Å²) in [4.78, 5) is 8.86. The standard InChI is InChI=1S/C15H21N3/c1-4-6-11(2)14(16-3)12-7-5-8-13-15(12)18-10-9-17-13/h5,7-11,14,16H,4,6H2,1-3H3. The van der Waals surface area contributed by atoms with Crippen LogP contribution in [0.2, 0.25) is 0 Å². The van der Waals surface area contributed by atoms with Crippen LogP contribution in [0, 0.1) is 5.92 Å². The highest BCUT2D eigenvalue weighted by atomic mass is 14.9. The Labute approximate surface area is 109 Å². The zero-order valence-electron chi connectivity index (χ0n) is 11.4. The first kappa shape index (κ1) is 13.0. The zero-order chi connectivity index (χ0) is 13.0. The second kappa shape index (κ2) is 5.91. The molecule has 1 heterocycles. The van der Waals surface area contributed by atoms with E-state index in [4.69, 9.17) is 0 Å². The average Bonchev–Trinajstić information content (AvgIpc) is 2.40. The van der Waals surface area contributed by atoms with E-state index < -0.39 is 0 Å². The lowest BCUT2D eigenvalue weighted by Crippen LogP contribution is -2.24. The van der Waals surface area contributed by atoms with Crippen molar-refractivity contribution in [2.45, 2.75) is 32.7 Å². The van der Waals surface area contributed by atoms with E-state index in [1.165, 1.54) is 18.4 Å². The topological polar surface area (TPSA) is 37.8 Å². The number of hydrogen-bond donors (Lipinski definition) is 1. The van der Waals surface area contributed by atoms with Crippen LogP contribution >= 0.6 is 0 Å².